The number of carbonyl (C=O) groups is 9. The number of carbonyl (C=O) groups excluding carboxylic acids is 9. The van der Waals surface area contributed by atoms with E-state index in [2.05, 4.69) is 59.7 Å². The Hall–Kier alpha value is -11.0. The Morgan fingerprint density at radius 3 is 1.95 bits per heavy atom. The van der Waals surface area contributed by atoms with Crippen LogP contribution in [0.3, 0.4) is 0 Å². The van der Waals surface area contributed by atoms with Gasteiger partial charge in [0, 0.05) is 46.3 Å². The largest absolute Gasteiger partial charge is 0.508 e. The molecule has 18 atom stereocenters. The molecule has 0 spiro atoms. The first-order valence-corrected chi connectivity index (χ1v) is 37.7. The van der Waals surface area contributed by atoms with Gasteiger partial charge in [-0.15, -0.1) is 0 Å². The number of hydrogen-bond acceptors (Lipinski definition) is 26. The number of ether oxygens (including phenoxy) is 6. The fourth-order valence-electron chi connectivity index (χ4n) is 14.0. The number of primary amides is 1. The van der Waals surface area contributed by atoms with Gasteiger partial charge < -0.3 is 134 Å². The third-order valence-electron chi connectivity index (χ3n) is 20.4. The molecule has 14 rings (SSSR count). The van der Waals surface area contributed by atoms with Crippen molar-refractivity contribution in [2.24, 2.45) is 23.3 Å². The van der Waals surface area contributed by atoms with Crippen LogP contribution in [-0.2, 0) is 57.4 Å². The average Bonchev–Trinajstić information content (AvgIpc) is 0.857. The lowest BCUT2D eigenvalue weighted by atomic mass is 9.86. The molecule has 616 valence electrons. The van der Waals surface area contributed by atoms with Crippen molar-refractivity contribution in [3.63, 3.8) is 0 Å². The number of phenols is 3. The molecule has 7 aliphatic heterocycles. The normalized spacial score (nSPS) is 27.6. The van der Waals surface area contributed by atoms with Crippen LogP contribution in [0.5, 0.6) is 46.0 Å². The van der Waals surface area contributed by atoms with Crippen molar-refractivity contribution in [3.05, 3.63) is 147 Å². The Bertz CT molecular complexity index is 4890. The number of aromatic hydroxyl groups is 3. The number of phenolic OH excluding ortho intramolecular Hbond substituents is 3. The molecule has 6 aromatic rings. The first-order valence-electron chi connectivity index (χ1n) is 37.0. The third-order valence-corrected chi connectivity index (χ3v) is 21.0. The molecule has 1 saturated carbocycles. The fourth-order valence-corrected chi connectivity index (χ4v) is 14.5. The zero-order valence-electron chi connectivity index (χ0n) is 62.8. The van der Waals surface area contributed by atoms with Crippen LogP contribution in [0, 0.1) is 23.7 Å². The Kier molecular flexibility index (Phi) is 25.7. The molecular weight excluding hydrogens is 1560 g/mol. The van der Waals surface area contributed by atoms with Gasteiger partial charge in [0.1, 0.15) is 95.5 Å². The summed E-state index contributed by atoms with van der Waals surface area (Å²) < 4.78 is 38.6. The van der Waals surface area contributed by atoms with Crippen molar-refractivity contribution in [2.45, 2.75) is 169 Å². The number of fused-ring (bicyclic) bond motifs is 15. The van der Waals surface area contributed by atoms with Crippen LogP contribution < -0.4 is 73.5 Å². The number of halogens is 2. The highest BCUT2D eigenvalue weighted by molar-refractivity contribution is 6.32. The van der Waals surface area contributed by atoms with Gasteiger partial charge in [0.05, 0.1) is 47.9 Å². The van der Waals surface area contributed by atoms with Crippen LogP contribution in [0.4, 0.5) is 5.69 Å². The van der Waals surface area contributed by atoms with Gasteiger partial charge in [0.2, 0.25) is 65.2 Å². The first-order chi connectivity index (χ1) is 55.1. The second-order valence-corrected chi connectivity index (χ2v) is 30.6. The van der Waals surface area contributed by atoms with Crippen molar-refractivity contribution in [2.75, 3.05) is 25.5 Å². The van der Waals surface area contributed by atoms with Gasteiger partial charge in [-0.25, -0.2) is 0 Å². The molecule has 7 heterocycles. The molecular formula is C79H87Cl2N11O24. The molecule has 11 bridgehead atoms. The summed E-state index contributed by atoms with van der Waals surface area (Å²) in [7, 11) is 1.47. The Balaban J connectivity index is 1.04. The van der Waals surface area contributed by atoms with Crippen molar-refractivity contribution in [1.82, 2.24) is 42.5 Å². The first kappa shape index (κ1) is 84.4. The Morgan fingerprint density at radius 1 is 0.707 bits per heavy atom. The van der Waals surface area contributed by atoms with E-state index in [0.717, 1.165) is 79.6 Å². The average molecular weight is 1650 g/mol. The number of aliphatic hydroxyl groups excluding tert-OH is 6. The van der Waals surface area contributed by atoms with Crippen LogP contribution in [0.2, 0.25) is 10.0 Å². The van der Waals surface area contributed by atoms with Crippen molar-refractivity contribution in [3.8, 4) is 69.0 Å². The van der Waals surface area contributed by atoms with Gasteiger partial charge in [-0.1, -0.05) is 67.1 Å². The standard InChI is InChI=1S/C79H87Cl2N11O24/c1-32(2)20-46(84-5)71(104)91-62-64(99)37-13-18-50(44(80)22-37)112-52-24-39-25-53(68(52)116-78-69(67(102)66(101)54(31-93)114-78)115-57-29-79(4,83)70(103)33(3)111-57)113-51-19-14-38(23-45(51)81)65(100)63-77(110)90-61(73(106)85-30-56(98)86-40-15-10-35(11-16-40)9-8-34-6-7-34)43-26-41(94)27-49(96)58(43)42-21-36(12-17-48(42)95)59(74(107)92-63)89-75(108)60(39)88-72(105)47(28-55(82)97)87-76(62)109/h10-19,21-27,32-34,46-47,54,57,59-67,69-70,78,84,93-96,99-103H,6-7,20,28-31,83H2,1-5H3,(H2,82,97)(H,85,106)(H,86,98)(H,87,109)(H,88,105)(H,89,108)(H,90,110)(H,91,104)(H,92,107). The number of likely N-dealkylation sites (N-methyl/N-ethyl adjacent to an activating group) is 1. The predicted molar refractivity (Wildman–Crippen MR) is 409 cm³/mol. The smallest absolute Gasteiger partial charge is 0.248 e. The number of aliphatic hydroxyl groups is 6. The topological polar surface area (TPSA) is 551 Å². The summed E-state index contributed by atoms with van der Waals surface area (Å²) in [6, 6.07) is 6.06. The Morgan fingerprint density at radius 2 is 1.34 bits per heavy atom. The number of benzene rings is 6. The summed E-state index contributed by atoms with van der Waals surface area (Å²) in [5.74, 6) is -9.68. The van der Waals surface area contributed by atoms with Gasteiger partial charge >= 0.3 is 0 Å². The lowest BCUT2D eigenvalue weighted by Crippen LogP contribution is -2.64. The molecule has 9 amide bonds. The number of amides is 9. The monoisotopic (exact) mass is 1640 g/mol. The zero-order valence-corrected chi connectivity index (χ0v) is 64.3. The van der Waals surface area contributed by atoms with E-state index in [1.54, 1.807) is 24.3 Å². The second kappa shape index (κ2) is 35.2. The number of nitrogens with two attached hydrogens (primary N) is 2. The van der Waals surface area contributed by atoms with E-state index in [-0.39, 0.29) is 46.2 Å². The van der Waals surface area contributed by atoms with Gasteiger partial charge in [-0.3, -0.25) is 43.2 Å². The summed E-state index contributed by atoms with van der Waals surface area (Å²) in [5, 5.41) is 127. The molecule has 2 saturated heterocycles. The third kappa shape index (κ3) is 18.9. The van der Waals surface area contributed by atoms with E-state index in [9.17, 15) is 69.9 Å². The molecule has 3 fully saturated rings. The van der Waals surface area contributed by atoms with Gasteiger partial charge in [0.15, 0.2) is 23.9 Å². The van der Waals surface area contributed by atoms with Gasteiger partial charge in [-0.05, 0) is 153 Å². The number of anilines is 1. The highest BCUT2D eigenvalue weighted by Gasteiger charge is 2.52. The lowest BCUT2D eigenvalue weighted by molar-refractivity contribution is -0.333. The molecule has 0 aromatic heterocycles. The summed E-state index contributed by atoms with van der Waals surface area (Å²) in [6.07, 6.45) is -16.7. The predicted octanol–water partition coefficient (Wildman–Crippen LogP) is 1.54. The van der Waals surface area contributed by atoms with E-state index in [4.69, 9.17) is 63.1 Å². The van der Waals surface area contributed by atoms with Crippen LogP contribution in [0.25, 0.3) is 11.1 Å². The highest BCUT2D eigenvalue weighted by atomic mass is 35.5. The van der Waals surface area contributed by atoms with Crippen molar-refractivity contribution in [1.29, 1.82) is 0 Å². The minimum atomic E-state index is -2.37. The molecule has 37 heteroatoms. The maximum Gasteiger partial charge on any atom is 0.248 e. The molecule has 0 radical (unpaired) electrons. The SMILES string of the molecule is CNC(CC(C)C)C(=O)NC1C(=O)NC(CC(N)=O)C(=O)NC2C(=O)NC3C(=O)NC(C(=O)NC(C(=O)NCC(=O)Nc4ccc(C#CC5CC5)cc4)c4cc(O)cc(O)c4-c4cc3ccc4O)C(O)c3ccc(c(Cl)c3)Oc3cc2cc(c3OC2OC(CO)C(O)C(O)C2OC2CC(C)(N)C(O)C(C)O2)Oc2ccc(cc2Cl)C1O. The summed E-state index contributed by atoms with van der Waals surface area (Å²) in [6.45, 7) is 4.86. The fraction of sp³-hybridized carbons (Fsp3) is 0.405. The van der Waals surface area contributed by atoms with E-state index in [1.807, 2.05) is 13.8 Å². The van der Waals surface area contributed by atoms with Crippen LogP contribution in [0.15, 0.2) is 103 Å². The summed E-state index contributed by atoms with van der Waals surface area (Å²) >= 11 is 14.3. The molecule has 18 unspecified atom stereocenters. The second-order valence-electron chi connectivity index (χ2n) is 29.8. The minimum absolute atomic E-state index is 0.109. The molecule has 22 N–H and O–H groups in total. The molecule has 1 aliphatic carbocycles. The number of nitrogens with one attached hydrogen (secondary N) is 9. The Labute approximate surface area is 672 Å². The lowest BCUT2D eigenvalue weighted by Gasteiger charge is -2.47. The highest BCUT2D eigenvalue weighted by Crippen LogP contribution is 2.50. The van der Waals surface area contributed by atoms with E-state index < -0.39 is 250 Å². The maximum atomic E-state index is 16.3. The molecule has 35 nitrogen and oxygen atoms in total. The van der Waals surface area contributed by atoms with Gasteiger partial charge in [-0.2, -0.15) is 0 Å². The maximum absolute atomic E-state index is 16.3. The molecule has 116 heavy (non-hydrogen) atoms. The van der Waals surface area contributed by atoms with E-state index in [1.165, 1.54) is 33.0 Å². The molecule has 6 aromatic carbocycles. The van der Waals surface area contributed by atoms with Crippen LogP contribution in [0.1, 0.15) is 124 Å². The number of rotatable bonds is 16. The minimum Gasteiger partial charge on any atom is -0.508 e. The van der Waals surface area contributed by atoms with Crippen molar-refractivity contribution >= 4 is 82.1 Å². The summed E-state index contributed by atoms with van der Waals surface area (Å²) in [5.41, 5.74) is 9.16. The van der Waals surface area contributed by atoms with Crippen molar-refractivity contribution < 1.29 is 118 Å². The van der Waals surface area contributed by atoms with Crippen LogP contribution >= 0.6 is 23.2 Å². The number of hydrogen-bond donors (Lipinski definition) is 20. The molecule has 8 aliphatic rings. The van der Waals surface area contributed by atoms with E-state index >= 15 is 19.2 Å². The zero-order chi connectivity index (χ0) is 83.6. The van der Waals surface area contributed by atoms with E-state index in [0.29, 0.717) is 17.2 Å². The summed E-state index contributed by atoms with van der Waals surface area (Å²) in [4.78, 5) is 134. The van der Waals surface area contributed by atoms with Gasteiger partial charge in [0.25, 0.3) is 0 Å². The quantitative estimate of drug-likeness (QED) is 0.0611. The van der Waals surface area contributed by atoms with Crippen LogP contribution in [-0.4, -0.2) is 198 Å².